The number of rotatable bonds is 7. The molecule has 2 aromatic carbocycles. The number of amides is 1. The van der Waals surface area contributed by atoms with Crippen LogP contribution < -0.4 is 19.6 Å². The lowest BCUT2D eigenvalue weighted by atomic mass is 10.2. The first-order valence-electron chi connectivity index (χ1n) is 7.44. The van der Waals surface area contributed by atoms with Crippen molar-refractivity contribution in [2.24, 2.45) is 5.10 Å². The predicted octanol–water partition coefficient (Wildman–Crippen LogP) is 2.15. The number of hydrogen-bond acceptors (Lipinski definition) is 6. The predicted molar refractivity (Wildman–Crippen MR) is 92.0 cm³/mol. The quantitative estimate of drug-likeness (QED) is 0.361. The lowest BCUT2D eigenvalue weighted by Gasteiger charge is -2.08. The Bertz CT molecular complexity index is 759. The van der Waals surface area contributed by atoms with Crippen molar-refractivity contribution in [1.29, 1.82) is 0 Å². The number of nitrogens with zero attached hydrogens (tertiary/aromatic N) is 1. The maximum Gasteiger partial charge on any atom is 0.308 e. The number of hydrogen-bond donors (Lipinski definition) is 1. The van der Waals surface area contributed by atoms with Crippen molar-refractivity contribution in [1.82, 2.24) is 5.43 Å². The average Bonchev–Trinajstić information content (AvgIpc) is 2.61. The smallest absolute Gasteiger partial charge is 0.308 e. The molecule has 0 heterocycles. The minimum Gasteiger partial charge on any atom is -0.493 e. The monoisotopic (exact) mass is 342 g/mol. The van der Waals surface area contributed by atoms with Gasteiger partial charge in [0.15, 0.2) is 18.1 Å². The van der Waals surface area contributed by atoms with E-state index in [2.05, 4.69) is 10.5 Å². The number of hydrazone groups is 1. The fourth-order valence-electron chi connectivity index (χ4n) is 1.88. The lowest BCUT2D eigenvalue weighted by Crippen LogP contribution is -2.24. The third kappa shape index (κ3) is 5.98. The summed E-state index contributed by atoms with van der Waals surface area (Å²) in [6.45, 7) is 1.16. The summed E-state index contributed by atoms with van der Waals surface area (Å²) in [6, 6.07) is 13.9. The summed E-state index contributed by atoms with van der Waals surface area (Å²) in [7, 11) is 1.46. The van der Waals surface area contributed by atoms with E-state index in [0.29, 0.717) is 22.8 Å². The van der Waals surface area contributed by atoms with Gasteiger partial charge in [0, 0.05) is 6.92 Å². The number of methoxy groups -OCH3 is 1. The van der Waals surface area contributed by atoms with Crippen molar-refractivity contribution in [2.75, 3.05) is 13.7 Å². The van der Waals surface area contributed by atoms with Crippen molar-refractivity contribution in [3.8, 4) is 17.2 Å². The van der Waals surface area contributed by atoms with Crippen molar-refractivity contribution in [3.05, 3.63) is 54.1 Å². The average molecular weight is 342 g/mol. The second-order valence-electron chi connectivity index (χ2n) is 4.90. The van der Waals surface area contributed by atoms with Crippen LogP contribution in [0.5, 0.6) is 17.2 Å². The largest absolute Gasteiger partial charge is 0.493 e. The molecule has 7 heteroatoms. The molecule has 2 aromatic rings. The number of nitrogens with one attached hydrogen (secondary N) is 1. The summed E-state index contributed by atoms with van der Waals surface area (Å²) in [5.41, 5.74) is 3.03. The minimum atomic E-state index is -0.439. The van der Waals surface area contributed by atoms with Gasteiger partial charge in [-0.25, -0.2) is 5.43 Å². The van der Waals surface area contributed by atoms with E-state index < -0.39 is 5.97 Å². The van der Waals surface area contributed by atoms with Crippen LogP contribution >= 0.6 is 0 Å². The number of carbonyl (C=O) groups excluding carboxylic acids is 2. The molecule has 25 heavy (non-hydrogen) atoms. The lowest BCUT2D eigenvalue weighted by molar-refractivity contribution is -0.132. The standard InChI is InChI=1S/C18H18N2O5/c1-13(21)25-16-9-8-14(10-17(16)23-2)11-19-20-18(22)12-24-15-6-4-3-5-7-15/h3-11H,12H2,1-2H3,(H,20,22)/b19-11+. The van der Waals surface area contributed by atoms with Crippen molar-refractivity contribution >= 4 is 18.1 Å². The highest BCUT2D eigenvalue weighted by molar-refractivity contribution is 5.84. The van der Waals surface area contributed by atoms with Crippen LogP contribution in [0.1, 0.15) is 12.5 Å². The Kier molecular flexibility index (Phi) is 6.53. The van der Waals surface area contributed by atoms with Gasteiger partial charge >= 0.3 is 5.97 Å². The summed E-state index contributed by atoms with van der Waals surface area (Å²) in [5.74, 6) is 0.478. The summed E-state index contributed by atoms with van der Waals surface area (Å²) in [5, 5.41) is 3.85. The zero-order chi connectivity index (χ0) is 18.1. The summed E-state index contributed by atoms with van der Waals surface area (Å²) in [4.78, 5) is 22.7. The SMILES string of the molecule is COc1cc(/C=N/NC(=O)COc2ccccc2)ccc1OC(C)=O. The number of ether oxygens (including phenoxy) is 3. The molecule has 0 spiro atoms. The molecule has 130 valence electrons. The summed E-state index contributed by atoms with van der Waals surface area (Å²) < 4.78 is 15.5. The van der Waals surface area contributed by atoms with E-state index in [9.17, 15) is 9.59 Å². The molecular formula is C18H18N2O5. The molecule has 7 nitrogen and oxygen atoms in total. The summed E-state index contributed by atoms with van der Waals surface area (Å²) in [6.07, 6.45) is 1.44. The fraction of sp³-hybridized carbons (Fsp3) is 0.167. The molecule has 1 N–H and O–H groups in total. The van der Waals surface area contributed by atoms with E-state index in [1.165, 1.54) is 20.2 Å². The molecular weight excluding hydrogens is 324 g/mol. The highest BCUT2D eigenvalue weighted by atomic mass is 16.6. The molecule has 0 saturated carbocycles. The van der Waals surface area contributed by atoms with Gasteiger partial charge in [-0.05, 0) is 35.9 Å². The Balaban J connectivity index is 1.88. The van der Waals surface area contributed by atoms with Gasteiger partial charge in [-0.15, -0.1) is 0 Å². The van der Waals surface area contributed by atoms with Crippen LogP contribution in [-0.4, -0.2) is 31.8 Å². The van der Waals surface area contributed by atoms with Crippen LogP contribution in [0.2, 0.25) is 0 Å². The Hall–Kier alpha value is -3.35. The van der Waals surface area contributed by atoms with Crippen molar-refractivity contribution in [2.45, 2.75) is 6.92 Å². The first-order valence-corrected chi connectivity index (χ1v) is 7.44. The Morgan fingerprint density at radius 2 is 1.88 bits per heavy atom. The Morgan fingerprint density at radius 3 is 2.56 bits per heavy atom. The van der Waals surface area contributed by atoms with Gasteiger partial charge in [-0.2, -0.15) is 5.10 Å². The molecule has 0 unspecified atom stereocenters. The molecule has 2 rings (SSSR count). The van der Waals surface area contributed by atoms with E-state index in [1.807, 2.05) is 18.2 Å². The molecule has 1 amide bonds. The van der Waals surface area contributed by atoms with Crippen LogP contribution in [-0.2, 0) is 9.59 Å². The number of esters is 1. The number of para-hydroxylation sites is 1. The molecule has 0 aromatic heterocycles. The molecule has 0 fully saturated rings. The highest BCUT2D eigenvalue weighted by Crippen LogP contribution is 2.27. The zero-order valence-electron chi connectivity index (χ0n) is 13.9. The molecule has 0 aliphatic carbocycles. The second kappa shape index (κ2) is 9.07. The summed E-state index contributed by atoms with van der Waals surface area (Å²) >= 11 is 0. The zero-order valence-corrected chi connectivity index (χ0v) is 13.9. The first-order chi connectivity index (χ1) is 12.1. The normalized spacial score (nSPS) is 10.3. The van der Waals surface area contributed by atoms with Crippen molar-refractivity contribution < 1.29 is 23.8 Å². The van der Waals surface area contributed by atoms with Crippen LogP contribution in [0.25, 0.3) is 0 Å². The van der Waals surface area contributed by atoms with Crippen LogP contribution in [0.4, 0.5) is 0 Å². The Morgan fingerprint density at radius 1 is 1.12 bits per heavy atom. The van der Waals surface area contributed by atoms with E-state index in [4.69, 9.17) is 14.2 Å². The first kappa shape index (κ1) is 18.0. The van der Waals surface area contributed by atoms with Crippen LogP contribution in [0, 0.1) is 0 Å². The van der Waals surface area contributed by atoms with Gasteiger partial charge in [0.1, 0.15) is 5.75 Å². The molecule has 0 bridgehead atoms. The number of carbonyl (C=O) groups is 2. The third-order valence-corrected chi connectivity index (χ3v) is 2.96. The Labute approximate surface area is 145 Å². The van der Waals surface area contributed by atoms with E-state index in [1.54, 1.807) is 30.3 Å². The second-order valence-corrected chi connectivity index (χ2v) is 4.90. The topological polar surface area (TPSA) is 86.2 Å². The van der Waals surface area contributed by atoms with Gasteiger partial charge in [0.25, 0.3) is 5.91 Å². The maximum absolute atomic E-state index is 11.7. The highest BCUT2D eigenvalue weighted by Gasteiger charge is 2.07. The molecule has 0 radical (unpaired) electrons. The van der Waals surface area contributed by atoms with E-state index in [0.717, 1.165) is 0 Å². The minimum absolute atomic E-state index is 0.143. The van der Waals surface area contributed by atoms with Crippen LogP contribution in [0.3, 0.4) is 0 Å². The molecule has 0 aliphatic rings. The van der Waals surface area contributed by atoms with E-state index >= 15 is 0 Å². The third-order valence-electron chi connectivity index (χ3n) is 2.96. The molecule has 0 atom stereocenters. The van der Waals surface area contributed by atoms with Crippen LogP contribution in [0.15, 0.2) is 53.6 Å². The van der Waals surface area contributed by atoms with Gasteiger partial charge in [0.2, 0.25) is 0 Å². The van der Waals surface area contributed by atoms with Gasteiger partial charge in [-0.1, -0.05) is 18.2 Å². The fourth-order valence-corrected chi connectivity index (χ4v) is 1.88. The van der Waals surface area contributed by atoms with E-state index in [-0.39, 0.29) is 12.5 Å². The number of benzene rings is 2. The van der Waals surface area contributed by atoms with Gasteiger partial charge in [-0.3, -0.25) is 9.59 Å². The van der Waals surface area contributed by atoms with Gasteiger partial charge in [0.05, 0.1) is 13.3 Å². The molecule has 0 saturated heterocycles. The van der Waals surface area contributed by atoms with Gasteiger partial charge < -0.3 is 14.2 Å². The maximum atomic E-state index is 11.7. The molecule has 0 aliphatic heterocycles. The van der Waals surface area contributed by atoms with Crippen molar-refractivity contribution in [3.63, 3.8) is 0 Å².